The third kappa shape index (κ3) is 3.56. The number of halogens is 2. The highest BCUT2D eigenvalue weighted by Crippen LogP contribution is 2.33. The smallest absolute Gasteiger partial charge is 0.181 e. The molecule has 3 N–H and O–H groups in total. The number of nitrogens with one attached hydrogen (secondary N) is 2. The fraction of sp³-hybridized carbons (Fsp3) is 0.450. The van der Waals surface area contributed by atoms with Crippen LogP contribution in [0.25, 0.3) is 22.4 Å². The van der Waals surface area contributed by atoms with Crippen molar-refractivity contribution >= 4 is 28.5 Å². The van der Waals surface area contributed by atoms with Crippen molar-refractivity contribution in [3.8, 4) is 11.4 Å². The molecule has 1 aliphatic heterocycles. The number of anilines is 1. The predicted octanol–water partition coefficient (Wildman–Crippen LogP) is 3.00. The lowest BCUT2D eigenvalue weighted by Crippen LogP contribution is -2.62. The number of aromatic amines is 1. The van der Waals surface area contributed by atoms with Crippen LogP contribution >= 0.6 is 11.6 Å². The minimum Gasteiger partial charge on any atom is -0.388 e. The van der Waals surface area contributed by atoms with Crippen molar-refractivity contribution in [3.63, 3.8) is 0 Å². The monoisotopic (exact) mass is 418 g/mol. The second-order valence-electron chi connectivity index (χ2n) is 7.93. The molecule has 0 aliphatic carbocycles. The third-order valence-corrected chi connectivity index (χ3v) is 6.10. The topological polar surface area (TPSA) is 90.0 Å². The molecule has 3 aromatic rings. The molecule has 7 nitrogen and oxygen atoms in total. The summed E-state index contributed by atoms with van der Waals surface area (Å²) in [6.45, 7) is 7.61. The van der Waals surface area contributed by atoms with Crippen LogP contribution in [0.15, 0.2) is 24.4 Å². The number of hydrogen-bond donors (Lipinski definition) is 3. The van der Waals surface area contributed by atoms with E-state index < -0.39 is 11.4 Å². The van der Waals surface area contributed by atoms with Crippen LogP contribution in [0.5, 0.6) is 0 Å². The Balaban J connectivity index is 1.73. The zero-order valence-electron chi connectivity index (χ0n) is 16.6. The first-order valence-corrected chi connectivity index (χ1v) is 10.0. The van der Waals surface area contributed by atoms with Crippen molar-refractivity contribution < 1.29 is 9.50 Å². The van der Waals surface area contributed by atoms with E-state index in [9.17, 15) is 9.50 Å². The summed E-state index contributed by atoms with van der Waals surface area (Å²) in [6.07, 6.45) is 1.63. The summed E-state index contributed by atoms with van der Waals surface area (Å²) in [5.74, 6) is 0.0193. The van der Waals surface area contributed by atoms with Crippen molar-refractivity contribution in [2.45, 2.75) is 32.4 Å². The Labute approximate surface area is 173 Å². The van der Waals surface area contributed by atoms with Gasteiger partial charge >= 0.3 is 0 Å². The van der Waals surface area contributed by atoms with Gasteiger partial charge in [-0.3, -0.25) is 5.10 Å². The normalized spacial score (nSPS) is 19.7. The van der Waals surface area contributed by atoms with E-state index in [-0.39, 0.29) is 22.7 Å². The molecule has 1 aliphatic rings. The van der Waals surface area contributed by atoms with Gasteiger partial charge in [0.15, 0.2) is 11.5 Å². The lowest BCUT2D eigenvalue weighted by Gasteiger charge is -2.43. The minimum absolute atomic E-state index is 0.0658. The fourth-order valence-corrected chi connectivity index (χ4v) is 3.88. The predicted molar refractivity (Wildman–Crippen MR) is 112 cm³/mol. The average Bonchev–Trinajstić information content (AvgIpc) is 3.12. The van der Waals surface area contributed by atoms with Gasteiger partial charge < -0.3 is 15.3 Å². The first-order valence-electron chi connectivity index (χ1n) is 9.65. The van der Waals surface area contributed by atoms with E-state index in [0.29, 0.717) is 42.2 Å². The molecule has 0 saturated carbocycles. The summed E-state index contributed by atoms with van der Waals surface area (Å²) in [7, 11) is 0. The molecule has 0 radical (unpaired) electrons. The van der Waals surface area contributed by atoms with Crippen LogP contribution in [0.1, 0.15) is 20.8 Å². The zero-order chi connectivity index (χ0) is 20.8. The molecule has 1 saturated heterocycles. The number of pyridine rings is 2. The maximum Gasteiger partial charge on any atom is 0.181 e. The van der Waals surface area contributed by atoms with E-state index >= 15 is 0 Å². The number of H-pyrrole nitrogens is 1. The maximum absolute atomic E-state index is 14.8. The van der Waals surface area contributed by atoms with Gasteiger partial charge in [0, 0.05) is 31.2 Å². The Kier molecular flexibility index (Phi) is 5.18. The van der Waals surface area contributed by atoms with Gasteiger partial charge in [0.2, 0.25) is 0 Å². The van der Waals surface area contributed by atoms with E-state index in [1.165, 1.54) is 6.07 Å². The molecule has 0 spiro atoms. The highest BCUT2D eigenvalue weighted by molar-refractivity contribution is 6.33. The van der Waals surface area contributed by atoms with E-state index in [0.717, 1.165) is 0 Å². The molecule has 154 valence electrons. The van der Waals surface area contributed by atoms with E-state index in [4.69, 9.17) is 11.6 Å². The van der Waals surface area contributed by atoms with E-state index in [1.54, 1.807) is 12.3 Å². The van der Waals surface area contributed by atoms with Crippen molar-refractivity contribution in [3.05, 3.63) is 35.2 Å². The summed E-state index contributed by atoms with van der Waals surface area (Å²) < 4.78 is 14.8. The molecule has 0 aromatic carbocycles. The molecule has 1 fully saturated rings. The number of nitrogens with zero attached hydrogens (tertiary/aromatic N) is 4. The molecule has 2 atom stereocenters. The number of rotatable bonds is 4. The summed E-state index contributed by atoms with van der Waals surface area (Å²) in [5, 5.41) is 22.2. The zero-order valence-corrected chi connectivity index (χ0v) is 17.3. The summed E-state index contributed by atoms with van der Waals surface area (Å²) in [4.78, 5) is 10.7. The van der Waals surface area contributed by atoms with Crippen LogP contribution < -0.4 is 10.2 Å². The maximum atomic E-state index is 14.8. The third-order valence-electron chi connectivity index (χ3n) is 5.83. The Morgan fingerprint density at radius 1 is 1.41 bits per heavy atom. The Morgan fingerprint density at radius 2 is 2.21 bits per heavy atom. The van der Waals surface area contributed by atoms with Gasteiger partial charge in [-0.1, -0.05) is 25.4 Å². The molecule has 29 heavy (non-hydrogen) atoms. The van der Waals surface area contributed by atoms with Crippen molar-refractivity contribution in [2.24, 2.45) is 5.92 Å². The lowest BCUT2D eigenvalue weighted by molar-refractivity contribution is -0.0231. The Hall–Kier alpha value is -2.29. The molecule has 0 amide bonds. The second-order valence-corrected chi connectivity index (χ2v) is 8.34. The van der Waals surface area contributed by atoms with Gasteiger partial charge in [0.25, 0.3) is 0 Å². The molecule has 3 aromatic heterocycles. The van der Waals surface area contributed by atoms with Gasteiger partial charge in [-0.05, 0) is 31.0 Å². The summed E-state index contributed by atoms with van der Waals surface area (Å²) in [6, 6.07) is 4.70. The molecule has 9 heteroatoms. The fourth-order valence-electron chi connectivity index (χ4n) is 3.62. The first kappa shape index (κ1) is 20.0. The number of aliphatic hydroxyl groups is 1. The largest absolute Gasteiger partial charge is 0.388 e. The Bertz CT molecular complexity index is 1040. The van der Waals surface area contributed by atoms with Crippen LogP contribution in [-0.4, -0.2) is 56.5 Å². The van der Waals surface area contributed by atoms with Gasteiger partial charge in [0.1, 0.15) is 11.5 Å². The number of aromatic nitrogens is 4. The summed E-state index contributed by atoms with van der Waals surface area (Å²) >= 11 is 6.37. The highest BCUT2D eigenvalue weighted by atomic mass is 35.5. The number of hydrogen-bond acceptors (Lipinski definition) is 6. The quantitative estimate of drug-likeness (QED) is 0.603. The van der Waals surface area contributed by atoms with Crippen LogP contribution in [0, 0.1) is 11.7 Å². The van der Waals surface area contributed by atoms with Crippen LogP contribution in [0.2, 0.25) is 5.02 Å². The Morgan fingerprint density at radius 3 is 2.97 bits per heavy atom. The van der Waals surface area contributed by atoms with Crippen molar-refractivity contribution in [1.82, 2.24) is 25.5 Å². The molecular weight excluding hydrogens is 395 g/mol. The van der Waals surface area contributed by atoms with Gasteiger partial charge in [-0.15, -0.1) is 0 Å². The minimum atomic E-state index is -0.904. The molecule has 4 rings (SSSR count). The van der Waals surface area contributed by atoms with Crippen LogP contribution in [0.3, 0.4) is 0 Å². The molecule has 0 unspecified atom stereocenters. The second kappa shape index (κ2) is 7.51. The first-order chi connectivity index (χ1) is 13.8. The van der Waals surface area contributed by atoms with Gasteiger partial charge in [0.05, 0.1) is 22.4 Å². The van der Waals surface area contributed by atoms with Crippen LogP contribution in [0.4, 0.5) is 10.2 Å². The van der Waals surface area contributed by atoms with E-state index in [1.807, 2.05) is 31.7 Å². The molecular formula is C20H24ClFN6O. The molecule has 4 heterocycles. The van der Waals surface area contributed by atoms with Crippen molar-refractivity contribution in [2.75, 3.05) is 24.5 Å². The summed E-state index contributed by atoms with van der Waals surface area (Å²) in [5.41, 5.74) is 0.199. The van der Waals surface area contributed by atoms with Gasteiger partial charge in [-0.2, -0.15) is 5.10 Å². The van der Waals surface area contributed by atoms with Gasteiger partial charge in [-0.25, -0.2) is 14.4 Å². The number of fused-ring (bicyclic) bond motifs is 1. The highest BCUT2D eigenvalue weighted by Gasteiger charge is 2.38. The van der Waals surface area contributed by atoms with E-state index in [2.05, 4.69) is 25.5 Å². The van der Waals surface area contributed by atoms with Crippen molar-refractivity contribution in [1.29, 1.82) is 0 Å². The van der Waals surface area contributed by atoms with Crippen LogP contribution in [-0.2, 0) is 0 Å². The standard InChI is InChI=1S/C20H24ClFN6O/c1-11(2)20(3,29)15-10-28(8-7-23-15)19-13(21)9-14(22)17(25-19)16-12-5-4-6-24-18(12)27-26-16/h4-6,9,11,15,23,29H,7-8,10H2,1-3H3,(H,24,26,27)/t15-,20-/m0/s1. The average molecular weight is 419 g/mol. The SMILES string of the molecule is CC(C)[C@](C)(O)[C@@H]1CN(c2nc(-c3[nH]nc4ncccc34)c(F)cc2Cl)CCN1. The lowest BCUT2D eigenvalue weighted by atomic mass is 9.84. The number of piperazine rings is 1. The molecule has 0 bridgehead atoms.